The first-order valence-corrected chi connectivity index (χ1v) is 9.71. The number of unbranched alkanes of at least 4 members (excludes halogenated alkanes) is 9. The highest BCUT2D eigenvalue weighted by molar-refractivity contribution is 5.75. The SMILES string of the molecule is CCCCCCCCCCCCC(O)[N+](C)(C)C(O)(CC)C(=O)O. The molecule has 0 aromatic carbocycles. The van der Waals surface area contributed by atoms with E-state index in [1.165, 1.54) is 44.9 Å². The molecule has 0 amide bonds. The van der Waals surface area contributed by atoms with Gasteiger partial charge in [-0.05, 0) is 6.42 Å². The molecule has 144 valence electrons. The monoisotopic (exact) mass is 346 g/mol. The number of hydrogen-bond acceptors (Lipinski definition) is 3. The Hall–Kier alpha value is -0.650. The van der Waals surface area contributed by atoms with E-state index in [9.17, 15) is 20.1 Å². The van der Waals surface area contributed by atoms with E-state index < -0.39 is 17.9 Å². The molecular weight excluding hydrogens is 306 g/mol. The highest BCUT2D eigenvalue weighted by atomic mass is 16.4. The van der Waals surface area contributed by atoms with Crippen molar-refractivity contribution in [3.8, 4) is 0 Å². The molecule has 0 radical (unpaired) electrons. The van der Waals surface area contributed by atoms with Crippen LogP contribution < -0.4 is 0 Å². The molecule has 0 fully saturated rings. The minimum absolute atomic E-state index is 0.0599. The third-order valence-electron chi connectivity index (χ3n) is 5.35. The Morgan fingerprint density at radius 2 is 1.33 bits per heavy atom. The Kier molecular flexibility index (Phi) is 11.5. The number of rotatable bonds is 15. The number of aliphatic hydroxyl groups is 2. The summed E-state index contributed by atoms with van der Waals surface area (Å²) >= 11 is 0. The number of quaternary nitrogens is 1. The zero-order valence-corrected chi connectivity index (χ0v) is 16.3. The lowest BCUT2D eigenvalue weighted by Crippen LogP contribution is -2.68. The van der Waals surface area contributed by atoms with Gasteiger partial charge in [0, 0.05) is 12.8 Å². The van der Waals surface area contributed by atoms with E-state index in [4.69, 9.17) is 0 Å². The van der Waals surface area contributed by atoms with E-state index in [0.717, 1.165) is 19.3 Å². The Balaban J connectivity index is 3.97. The van der Waals surface area contributed by atoms with E-state index >= 15 is 0 Å². The maximum Gasteiger partial charge on any atom is 0.395 e. The van der Waals surface area contributed by atoms with Gasteiger partial charge < -0.3 is 15.3 Å². The minimum Gasteiger partial charge on any atom is -0.475 e. The Morgan fingerprint density at radius 1 is 0.917 bits per heavy atom. The molecule has 0 aromatic rings. The molecule has 5 nitrogen and oxygen atoms in total. The molecule has 0 saturated carbocycles. The summed E-state index contributed by atoms with van der Waals surface area (Å²) in [5.74, 6) is -1.28. The van der Waals surface area contributed by atoms with Gasteiger partial charge in [0.05, 0.1) is 14.1 Å². The number of aliphatic carboxylic acids is 1. The quantitative estimate of drug-likeness (QED) is 0.239. The van der Waals surface area contributed by atoms with Gasteiger partial charge in [0.1, 0.15) is 0 Å². The average Bonchev–Trinajstić information content (AvgIpc) is 2.54. The number of carboxylic acids is 1. The number of likely N-dealkylation sites (N-methyl/N-ethyl adjacent to an activating group) is 1. The van der Waals surface area contributed by atoms with Gasteiger partial charge >= 0.3 is 11.7 Å². The highest BCUT2D eigenvalue weighted by Gasteiger charge is 2.53. The zero-order valence-electron chi connectivity index (χ0n) is 16.3. The molecule has 3 N–H and O–H groups in total. The molecular formula is C19H40NO4+. The minimum atomic E-state index is -1.95. The van der Waals surface area contributed by atoms with Crippen molar-refractivity contribution in [2.45, 2.75) is 103 Å². The van der Waals surface area contributed by atoms with Crippen LogP contribution in [-0.2, 0) is 4.79 Å². The van der Waals surface area contributed by atoms with Gasteiger partial charge in [-0.25, -0.2) is 4.79 Å². The molecule has 0 aliphatic rings. The summed E-state index contributed by atoms with van der Waals surface area (Å²) in [7, 11) is 3.16. The van der Waals surface area contributed by atoms with Crippen molar-refractivity contribution in [3.05, 3.63) is 0 Å². The van der Waals surface area contributed by atoms with Crippen molar-refractivity contribution in [1.82, 2.24) is 0 Å². The van der Waals surface area contributed by atoms with Crippen molar-refractivity contribution >= 4 is 5.97 Å². The predicted molar refractivity (Wildman–Crippen MR) is 97.5 cm³/mol. The lowest BCUT2D eigenvalue weighted by molar-refractivity contribution is -0.996. The fourth-order valence-corrected chi connectivity index (χ4v) is 3.19. The fourth-order valence-electron chi connectivity index (χ4n) is 3.19. The van der Waals surface area contributed by atoms with Gasteiger partial charge in [0.25, 0.3) is 0 Å². The van der Waals surface area contributed by atoms with Crippen LogP contribution in [0.15, 0.2) is 0 Å². The number of nitrogens with zero attached hydrogens (tertiary/aromatic N) is 1. The lowest BCUT2D eigenvalue weighted by atomic mass is 10.0. The smallest absolute Gasteiger partial charge is 0.395 e. The van der Waals surface area contributed by atoms with Crippen LogP contribution in [0.2, 0.25) is 0 Å². The molecule has 0 heterocycles. The molecule has 5 heteroatoms. The number of hydrogen-bond donors (Lipinski definition) is 3. The van der Waals surface area contributed by atoms with Gasteiger partial charge in [-0.2, -0.15) is 0 Å². The van der Waals surface area contributed by atoms with Gasteiger partial charge in [0.15, 0.2) is 6.23 Å². The molecule has 0 aliphatic carbocycles. The second kappa shape index (κ2) is 11.8. The van der Waals surface area contributed by atoms with E-state index in [1.54, 1.807) is 21.0 Å². The molecule has 0 saturated heterocycles. The van der Waals surface area contributed by atoms with E-state index in [2.05, 4.69) is 6.92 Å². The normalized spacial score (nSPS) is 15.9. The maximum absolute atomic E-state index is 11.4. The van der Waals surface area contributed by atoms with Crippen LogP contribution in [0.5, 0.6) is 0 Å². The van der Waals surface area contributed by atoms with Crippen LogP contribution >= 0.6 is 0 Å². The van der Waals surface area contributed by atoms with E-state index in [1.807, 2.05) is 0 Å². The largest absolute Gasteiger partial charge is 0.475 e. The van der Waals surface area contributed by atoms with Crippen LogP contribution in [-0.4, -0.2) is 51.8 Å². The summed E-state index contributed by atoms with van der Waals surface area (Å²) in [4.78, 5) is 11.4. The summed E-state index contributed by atoms with van der Waals surface area (Å²) in [6.45, 7) is 3.85. The van der Waals surface area contributed by atoms with Crippen molar-refractivity contribution in [3.63, 3.8) is 0 Å². The molecule has 24 heavy (non-hydrogen) atoms. The number of aliphatic hydroxyl groups excluding tert-OH is 1. The second-order valence-electron chi connectivity index (χ2n) is 7.47. The van der Waals surface area contributed by atoms with Crippen molar-refractivity contribution < 1.29 is 24.6 Å². The molecule has 0 bridgehead atoms. The molecule has 0 rings (SSSR count). The summed E-state index contributed by atoms with van der Waals surface area (Å²) in [5, 5.41) is 30.0. The van der Waals surface area contributed by atoms with Crippen LogP contribution in [0.1, 0.15) is 90.9 Å². The summed E-state index contributed by atoms with van der Waals surface area (Å²) < 4.78 is -0.323. The Morgan fingerprint density at radius 3 is 1.71 bits per heavy atom. The van der Waals surface area contributed by atoms with Crippen molar-refractivity contribution in [2.75, 3.05) is 14.1 Å². The lowest BCUT2D eigenvalue weighted by Gasteiger charge is -2.44. The first-order chi connectivity index (χ1) is 11.2. The first kappa shape index (κ1) is 23.4. The fraction of sp³-hybridized carbons (Fsp3) is 0.947. The van der Waals surface area contributed by atoms with E-state index in [0.29, 0.717) is 6.42 Å². The summed E-state index contributed by atoms with van der Waals surface area (Å²) in [5.41, 5.74) is -1.95. The molecule has 2 unspecified atom stereocenters. The zero-order chi connectivity index (χ0) is 18.6. The van der Waals surface area contributed by atoms with Gasteiger partial charge in [0.2, 0.25) is 0 Å². The third kappa shape index (κ3) is 7.08. The van der Waals surface area contributed by atoms with E-state index in [-0.39, 0.29) is 10.9 Å². The molecule has 0 spiro atoms. The van der Waals surface area contributed by atoms with Crippen LogP contribution in [0.3, 0.4) is 0 Å². The Labute approximate surface area is 148 Å². The number of carbonyl (C=O) groups is 1. The topological polar surface area (TPSA) is 77.8 Å². The van der Waals surface area contributed by atoms with Crippen LogP contribution in [0.25, 0.3) is 0 Å². The predicted octanol–water partition coefficient (Wildman–Crippen LogP) is 3.88. The van der Waals surface area contributed by atoms with Crippen LogP contribution in [0.4, 0.5) is 0 Å². The van der Waals surface area contributed by atoms with Gasteiger partial charge in [-0.15, -0.1) is 0 Å². The molecule has 0 aliphatic heterocycles. The van der Waals surface area contributed by atoms with Crippen LogP contribution in [0, 0.1) is 0 Å². The summed E-state index contributed by atoms with van der Waals surface area (Å²) in [6.07, 6.45) is 11.9. The highest BCUT2D eigenvalue weighted by Crippen LogP contribution is 2.27. The molecule has 2 atom stereocenters. The number of carboxylic acid groups (broad SMARTS) is 1. The standard InChI is InChI=1S/C19H39NO4/c1-5-7-8-9-10-11-12-13-14-15-16-17(21)20(3,4)19(24,6-2)18(22)23/h17,21,24H,5-16H2,1-4H3/p+1. The summed E-state index contributed by atoms with van der Waals surface area (Å²) in [6, 6.07) is 0. The van der Waals surface area contributed by atoms with Crippen molar-refractivity contribution in [2.24, 2.45) is 0 Å². The maximum atomic E-state index is 11.4. The first-order valence-electron chi connectivity index (χ1n) is 9.71. The van der Waals surface area contributed by atoms with Gasteiger partial charge in [-0.1, -0.05) is 71.6 Å². The molecule has 0 aromatic heterocycles. The Bertz CT molecular complexity index is 346. The second-order valence-corrected chi connectivity index (χ2v) is 7.47. The van der Waals surface area contributed by atoms with Gasteiger partial charge in [-0.3, -0.25) is 4.48 Å². The third-order valence-corrected chi connectivity index (χ3v) is 5.35. The van der Waals surface area contributed by atoms with Crippen molar-refractivity contribution in [1.29, 1.82) is 0 Å². The average molecular weight is 347 g/mol.